The van der Waals surface area contributed by atoms with E-state index in [0.29, 0.717) is 17.2 Å². The monoisotopic (exact) mass is 224 g/mol. The molecule has 0 saturated heterocycles. The SMILES string of the molecule is Cc1nc2cc(N(C)C(=O)Cl)ccc2o1. The van der Waals surface area contributed by atoms with Crippen molar-refractivity contribution in [3.05, 3.63) is 24.1 Å². The molecule has 78 valence electrons. The molecule has 1 heterocycles. The molecule has 0 aliphatic rings. The molecule has 0 aliphatic carbocycles. The number of halogens is 1. The number of hydrogen-bond donors (Lipinski definition) is 0. The molecule has 0 radical (unpaired) electrons. The van der Waals surface area contributed by atoms with E-state index in [1.54, 1.807) is 32.2 Å². The number of carbonyl (C=O) groups excluding carboxylic acids is 1. The van der Waals surface area contributed by atoms with Gasteiger partial charge in [-0.05, 0) is 29.8 Å². The number of aromatic nitrogens is 1. The number of anilines is 1. The van der Waals surface area contributed by atoms with Gasteiger partial charge in [0.15, 0.2) is 11.5 Å². The molecule has 0 atom stereocenters. The summed E-state index contributed by atoms with van der Waals surface area (Å²) >= 11 is 5.36. The van der Waals surface area contributed by atoms with Crippen LogP contribution in [-0.2, 0) is 0 Å². The Bertz CT molecular complexity index is 521. The normalized spacial score (nSPS) is 10.6. The summed E-state index contributed by atoms with van der Waals surface area (Å²) in [6, 6.07) is 5.28. The Kier molecular flexibility index (Phi) is 2.36. The maximum Gasteiger partial charge on any atom is 0.320 e. The maximum atomic E-state index is 10.9. The number of nitrogens with zero attached hydrogens (tertiary/aromatic N) is 2. The second-order valence-electron chi connectivity index (χ2n) is 3.20. The third kappa shape index (κ3) is 1.80. The molecule has 0 saturated carbocycles. The molecule has 1 aromatic heterocycles. The van der Waals surface area contributed by atoms with Gasteiger partial charge in [0.2, 0.25) is 0 Å². The largest absolute Gasteiger partial charge is 0.441 e. The number of aryl methyl sites for hydroxylation is 1. The van der Waals surface area contributed by atoms with E-state index in [0.717, 1.165) is 5.52 Å². The van der Waals surface area contributed by atoms with Crippen molar-refractivity contribution in [2.45, 2.75) is 6.92 Å². The van der Waals surface area contributed by atoms with Crippen molar-refractivity contribution in [3.8, 4) is 0 Å². The molecule has 0 aliphatic heterocycles. The summed E-state index contributed by atoms with van der Waals surface area (Å²) < 4.78 is 5.32. The summed E-state index contributed by atoms with van der Waals surface area (Å²) in [6.07, 6.45) is 0. The molecule has 1 amide bonds. The molecule has 0 bridgehead atoms. The van der Waals surface area contributed by atoms with Crippen molar-refractivity contribution in [2.24, 2.45) is 0 Å². The van der Waals surface area contributed by atoms with E-state index in [1.807, 2.05) is 0 Å². The Hall–Kier alpha value is -1.55. The van der Waals surface area contributed by atoms with Gasteiger partial charge < -0.3 is 9.32 Å². The lowest BCUT2D eigenvalue weighted by molar-refractivity contribution is 0.265. The first-order chi connectivity index (χ1) is 7.08. The van der Waals surface area contributed by atoms with Gasteiger partial charge in [0, 0.05) is 19.7 Å². The van der Waals surface area contributed by atoms with Crippen LogP contribution in [0.3, 0.4) is 0 Å². The topological polar surface area (TPSA) is 46.3 Å². The van der Waals surface area contributed by atoms with Crippen LogP contribution in [0.1, 0.15) is 5.89 Å². The molecule has 2 rings (SSSR count). The average molecular weight is 225 g/mol. The summed E-state index contributed by atoms with van der Waals surface area (Å²) in [4.78, 5) is 16.4. The van der Waals surface area contributed by atoms with Gasteiger partial charge in [-0.25, -0.2) is 4.98 Å². The van der Waals surface area contributed by atoms with E-state index in [2.05, 4.69) is 4.98 Å². The van der Waals surface area contributed by atoms with Crippen molar-refractivity contribution in [1.82, 2.24) is 4.98 Å². The Balaban J connectivity index is 2.50. The number of fused-ring (bicyclic) bond motifs is 1. The number of rotatable bonds is 1. The van der Waals surface area contributed by atoms with Crippen LogP contribution < -0.4 is 4.90 Å². The zero-order valence-electron chi connectivity index (χ0n) is 8.32. The fourth-order valence-corrected chi connectivity index (χ4v) is 1.44. The first kappa shape index (κ1) is 9.98. The lowest BCUT2D eigenvalue weighted by Gasteiger charge is -2.12. The highest BCUT2D eigenvalue weighted by molar-refractivity contribution is 6.66. The van der Waals surface area contributed by atoms with Gasteiger partial charge in [0.05, 0.1) is 0 Å². The van der Waals surface area contributed by atoms with E-state index >= 15 is 0 Å². The molecule has 0 fully saturated rings. The standard InChI is InChI=1S/C10H9ClN2O2/c1-6-12-8-5-7(13(2)10(11)14)3-4-9(8)15-6/h3-5H,1-2H3. The number of hydrogen-bond acceptors (Lipinski definition) is 3. The molecule has 2 aromatic rings. The molecular formula is C10H9ClN2O2. The van der Waals surface area contributed by atoms with Gasteiger partial charge in [-0.15, -0.1) is 0 Å². The van der Waals surface area contributed by atoms with E-state index in [9.17, 15) is 4.79 Å². The van der Waals surface area contributed by atoms with Crippen molar-refractivity contribution in [1.29, 1.82) is 0 Å². The van der Waals surface area contributed by atoms with Crippen molar-refractivity contribution in [3.63, 3.8) is 0 Å². The van der Waals surface area contributed by atoms with Crippen LogP contribution >= 0.6 is 11.6 Å². The lowest BCUT2D eigenvalue weighted by Crippen LogP contribution is -2.19. The Morgan fingerprint density at radius 2 is 2.27 bits per heavy atom. The van der Waals surface area contributed by atoms with Crippen LogP contribution in [0.4, 0.5) is 10.5 Å². The van der Waals surface area contributed by atoms with Gasteiger partial charge >= 0.3 is 5.37 Å². The van der Waals surface area contributed by atoms with E-state index in [4.69, 9.17) is 16.0 Å². The van der Waals surface area contributed by atoms with Crippen LogP contribution in [-0.4, -0.2) is 17.4 Å². The predicted octanol–water partition coefficient (Wildman–Crippen LogP) is 2.93. The number of benzene rings is 1. The van der Waals surface area contributed by atoms with Crippen molar-refractivity contribution in [2.75, 3.05) is 11.9 Å². The summed E-state index contributed by atoms with van der Waals surface area (Å²) in [5, 5.41) is -0.533. The molecular weight excluding hydrogens is 216 g/mol. The minimum Gasteiger partial charge on any atom is -0.441 e. The Labute approximate surface area is 91.4 Å². The van der Waals surface area contributed by atoms with E-state index in [1.165, 1.54) is 4.90 Å². The van der Waals surface area contributed by atoms with Crippen LogP contribution in [0, 0.1) is 6.92 Å². The summed E-state index contributed by atoms with van der Waals surface area (Å²) in [5.74, 6) is 0.599. The van der Waals surface area contributed by atoms with Gasteiger partial charge in [0.1, 0.15) is 5.52 Å². The van der Waals surface area contributed by atoms with E-state index < -0.39 is 5.37 Å². The van der Waals surface area contributed by atoms with Gasteiger partial charge in [0.25, 0.3) is 0 Å². The Morgan fingerprint density at radius 1 is 1.53 bits per heavy atom. The average Bonchev–Trinajstić information content (AvgIpc) is 2.55. The first-order valence-electron chi connectivity index (χ1n) is 4.38. The smallest absolute Gasteiger partial charge is 0.320 e. The zero-order valence-corrected chi connectivity index (χ0v) is 9.08. The summed E-state index contributed by atoms with van der Waals surface area (Å²) in [6.45, 7) is 1.77. The third-order valence-electron chi connectivity index (χ3n) is 2.13. The molecule has 0 unspecified atom stereocenters. The summed E-state index contributed by atoms with van der Waals surface area (Å²) in [7, 11) is 1.60. The third-order valence-corrected chi connectivity index (χ3v) is 2.38. The lowest BCUT2D eigenvalue weighted by atomic mass is 10.3. The van der Waals surface area contributed by atoms with Crippen LogP contribution in [0.25, 0.3) is 11.1 Å². The van der Waals surface area contributed by atoms with Crippen molar-refractivity contribution < 1.29 is 9.21 Å². The van der Waals surface area contributed by atoms with Crippen LogP contribution in [0.15, 0.2) is 22.6 Å². The second-order valence-corrected chi connectivity index (χ2v) is 3.52. The number of amides is 1. The van der Waals surface area contributed by atoms with Crippen LogP contribution in [0.2, 0.25) is 0 Å². The quantitative estimate of drug-likeness (QED) is 0.553. The first-order valence-corrected chi connectivity index (χ1v) is 4.76. The fourth-order valence-electron chi connectivity index (χ4n) is 1.34. The highest BCUT2D eigenvalue weighted by atomic mass is 35.5. The molecule has 0 spiro atoms. The molecule has 5 heteroatoms. The van der Waals surface area contributed by atoms with Gasteiger partial charge in [-0.2, -0.15) is 0 Å². The van der Waals surface area contributed by atoms with Gasteiger partial charge in [-0.3, -0.25) is 4.79 Å². The molecule has 4 nitrogen and oxygen atoms in total. The Morgan fingerprint density at radius 3 is 2.93 bits per heavy atom. The maximum absolute atomic E-state index is 10.9. The van der Waals surface area contributed by atoms with Crippen LogP contribution in [0.5, 0.6) is 0 Å². The molecule has 1 aromatic carbocycles. The highest BCUT2D eigenvalue weighted by Gasteiger charge is 2.09. The minimum atomic E-state index is -0.533. The number of carbonyl (C=O) groups is 1. The van der Waals surface area contributed by atoms with Gasteiger partial charge in [-0.1, -0.05) is 0 Å². The summed E-state index contributed by atoms with van der Waals surface area (Å²) in [5.41, 5.74) is 2.11. The minimum absolute atomic E-state index is 0.533. The zero-order chi connectivity index (χ0) is 11.0. The molecule has 15 heavy (non-hydrogen) atoms. The number of oxazole rings is 1. The predicted molar refractivity (Wildman–Crippen MR) is 58.4 cm³/mol. The van der Waals surface area contributed by atoms with Crippen molar-refractivity contribution >= 4 is 33.8 Å². The fraction of sp³-hybridized carbons (Fsp3) is 0.200. The van der Waals surface area contributed by atoms with E-state index in [-0.39, 0.29) is 0 Å². The second kappa shape index (κ2) is 3.55. The highest BCUT2D eigenvalue weighted by Crippen LogP contribution is 2.22. The molecule has 0 N–H and O–H groups in total.